The zero-order chi connectivity index (χ0) is 18.4. The molecule has 1 atom stereocenters. The third-order valence-electron chi connectivity index (χ3n) is 3.84. The van der Waals surface area contributed by atoms with Crippen molar-refractivity contribution < 1.29 is 14.3 Å². The minimum absolute atomic E-state index is 0.0520. The van der Waals surface area contributed by atoms with Gasteiger partial charge in [0.15, 0.2) is 5.17 Å². The molecule has 1 heterocycles. The molecule has 1 aliphatic rings. The van der Waals surface area contributed by atoms with Crippen LogP contribution in [0.2, 0.25) is 0 Å². The highest BCUT2D eigenvalue weighted by molar-refractivity contribution is 8.15. The normalized spacial score (nSPS) is 18.3. The van der Waals surface area contributed by atoms with Crippen molar-refractivity contribution in [3.63, 3.8) is 0 Å². The number of benzene rings is 2. The molecule has 134 valence electrons. The van der Waals surface area contributed by atoms with Crippen molar-refractivity contribution in [1.82, 2.24) is 4.90 Å². The number of carbonyl (C=O) groups is 2. The van der Waals surface area contributed by atoms with E-state index in [4.69, 9.17) is 4.74 Å². The number of amidine groups is 1. The number of para-hydroxylation sites is 1. The van der Waals surface area contributed by atoms with E-state index in [1.165, 1.54) is 11.8 Å². The van der Waals surface area contributed by atoms with E-state index in [2.05, 4.69) is 4.99 Å². The lowest BCUT2D eigenvalue weighted by Crippen LogP contribution is -2.32. The number of carbonyl (C=O) groups excluding carboxylic acids is 2. The Hall–Kier alpha value is -2.60. The second-order valence-corrected chi connectivity index (χ2v) is 6.93. The molecule has 5 nitrogen and oxygen atoms in total. The number of aliphatic imine (C=N–C) groups is 1. The Morgan fingerprint density at radius 3 is 2.42 bits per heavy atom. The maximum absolute atomic E-state index is 12.9. The van der Waals surface area contributed by atoms with Gasteiger partial charge in [-0.25, -0.2) is 4.99 Å². The Labute approximate surface area is 157 Å². The van der Waals surface area contributed by atoms with E-state index in [1.54, 1.807) is 11.8 Å². The van der Waals surface area contributed by atoms with Gasteiger partial charge in [-0.05, 0) is 24.6 Å². The summed E-state index contributed by atoms with van der Waals surface area (Å²) in [5.74, 6) is -0.472. The number of thioether (sulfide) groups is 1. The highest BCUT2D eigenvalue weighted by Gasteiger charge is 2.39. The molecule has 6 heteroatoms. The van der Waals surface area contributed by atoms with Crippen LogP contribution in [0.15, 0.2) is 65.7 Å². The standard InChI is InChI=1S/C20H20N2O3S/c1-2-25-18(23)13-17-19(24)22(14-15-9-5-3-6-10-15)20(26-17)21-16-11-7-4-8-12-16/h3-12,17H,2,13-14H2,1H3. The number of ether oxygens (including phenoxy) is 1. The van der Waals surface area contributed by atoms with Crippen LogP contribution < -0.4 is 0 Å². The van der Waals surface area contributed by atoms with Gasteiger partial charge in [-0.1, -0.05) is 60.3 Å². The summed E-state index contributed by atoms with van der Waals surface area (Å²) in [6.07, 6.45) is 0.0520. The average molecular weight is 368 g/mol. The monoisotopic (exact) mass is 368 g/mol. The maximum Gasteiger partial charge on any atom is 0.307 e. The molecule has 0 aliphatic carbocycles. The highest BCUT2D eigenvalue weighted by atomic mass is 32.2. The van der Waals surface area contributed by atoms with Gasteiger partial charge in [-0.15, -0.1) is 0 Å². The van der Waals surface area contributed by atoms with E-state index in [-0.39, 0.29) is 18.3 Å². The molecule has 1 amide bonds. The topological polar surface area (TPSA) is 59.0 Å². The number of esters is 1. The van der Waals surface area contributed by atoms with Crippen LogP contribution in [0.25, 0.3) is 0 Å². The summed E-state index contributed by atoms with van der Waals surface area (Å²) in [7, 11) is 0. The Kier molecular flexibility index (Phi) is 6.07. The predicted octanol–water partition coefficient (Wildman–Crippen LogP) is 3.77. The molecule has 2 aromatic rings. The lowest BCUT2D eigenvalue weighted by atomic mass is 10.2. The van der Waals surface area contributed by atoms with E-state index >= 15 is 0 Å². The van der Waals surface area contributed by atoms with E-state index in [0.717, 1.165) is 11.3 Å². The number of amides is 1. The van der Waals surface area contributed by atoms with Gasteiger partial charge in [-0.2, -0.15) is 0 Å². The summed E-state index contributed by atoms with van der Waals surface area (Å²) in [5, 5.41) is 0.111. The smallest absolute Gasteiger partial charge is 0.307 e. The first-order valence-electron chi connectivity index (χ1n) is 8.48. The third-order valence-corrected chi connectivity index (χ3v) is 5.02. The molecular weight excluding hydrogens is 348 g/mol. The molecule has 0 radical (unpaired) electrons. The highest BCUT2D eigenvalue weighted by Crippen LogP contribution is 2.32. The predicted molar refractivity (Wildman–Crippen MR) is 103 cm³/mol. The second kappa shape index (κ2) is 8.67. The molecular formula is C20H20N2O3S. The molecule has 1 fully saturated rings. The van der Waals surface area contributed by atoms with Crippen molar-refractivity contribution in [1.29, 1.82) is 0 Å². The quantitative estimate of drug-likeness (QED) is 0.728. The van der Waals surface area contributed by atoms with Crippen LogP contribution in [0.1, 0.15) is 18.9 Å². The number of rotatable bonds is 6. The lowest BCUT2D eigenvalue weighted by molar-refractivity contribution is -0.144. The summed E-state index contributed by atoms with van der Waals surface area (Å²) < 4.78 is 5.00. The van der Waals surface area contributed by atoms with Gasteiger partial charge in [0.25, 0.3) is 0 Å². The van der Waals surface area contributed by atoms with Crippen LogP contribution >= 0.6 is 11.8 Å². The van der Waals surface area contributed by atoms with Gasteiger partial charge >= 0.3 is 5.97 Å². The van der Waals surface area contributed by atoms with Crippen molar-refractivity contribution in [3.8, 4) is 0 Å². The second-order valence-electron chi connectivity index (χ2n) is 5.76. The number of nitrogens with zero attached hydrogens (tertiary/aromatic N) is 2. The molecule has 1 aliphatic heterocycles. The molecule has 3 rings (SSSR count). The SMILES string of the molecule is CCOC(=O)CC1SC(=Nc2ccccc2)N(Cc2ccccc2)C1=O. The largest absolute Gasteiger partial charge is 0.466 e. The molecule has 0 spiro atoms. The van der Waals surface area contributed by atoms with Crippen LogP contribution in [0, 0.1) is 0 Å². The van der Waals surface area contributed by atoms with Crippen molar-refractivity contribution in [2.45, 2.75) is 25.1 Å². The first-order chi connectivity index (χ1) is 12.7. The van der Waals surface area contributed by atoms with Gasteiger partial charge in [0.2, 0.25) is 5.91 Å². The fourth-order valence-electron chi connectivity index (χ4n) is 2.62. The molecule has 0 aromatic heterocycles. The van der Waals surface area contributed by atoms with Crippen molar-refractivity contribution in [3.05, 3.63) is 66.2 Å². The van der Waals surface area contributed by atoms with E-state index in [1.807, 2.05) is 60.7 Å². The summed E-state index contributed by atoms with van der Waals surface area (Å²) in [4.78, 5) is 31.0. The molecule has 2 aromatic carbocycles. The van der Waals surface area contributed by atoms with Gasteiger partial charge in [0.05, 0.1) is 25.3 Å². The molecule has 0 saturated carbocycles. The number of hydrogen-bond donors (Lipinski definition) is 0. The fraction of sp³-hybridized carbons (Fsp3) is 0.250. The van der Waals surface area contributed by atoms with Crippen LogP contribution in [0.3, 0.4) is 0 Å². The molecule has 0 N–H and O–H groups in total. The van der Waals surface area contributed by atoms with Crippen LogP contribution in [-0.2, 0) is 20.9 Å². The maximum atomic E-state index is 12.9. The Bertz CT molecular complexity index is 793. The Balaban J connectivity index is 1.85. The van der Waals surface area contributed by atoms with Crippen molar-refractivity contribution in [2.24, 2.45) is 4.99 Å². The minimum Gasteiger partial charge on any atom is -0.466 e. The van der Waals surface area contributed by atoms with E-state index in [0.29, 0.717) is 18.3 Å². The third kappa shape index (κ3) is 4.52. The minimum atomic E-state index is -0.500. The van der Waals surface area contributed by atoms with E-state index in [9.17, 15) is 9.59 Å². The summed E-state index contributed by atoms with van der Waals surface area (Å²) in [6, 6.07) is 19.2. The zero-order valence-corrected chi connectivity index (χ0v) is 15.3. The van der Waals surface area contributed by atoms with Gasteiger partial charge in [0, 0.05) is 0 Å². The average Bonchev–Trinajstić information content (AvgIpc) is 2.92. The van der Waals surface area contributed by atoms with Crippen LogP contribution in [0.4, 0.5) is 5.69 Å². The van der Waals surface area contributed by atoms with Crippen molar-refractivity contribution >= 4 is 34.5 Å². The van der Waals surface area contributed by atoms with Crippen LogP contribution in [0.5, 0.6) is 0 Å². The van der Waals surface area contributed by atoms with Gasteiger partial charge in [-0.3, -0.25) is 14.5 Å². The fourth-order valence-corrected chi connectivity index (χ4v) is 3.76. The summed E-state index contributed by atoms with van der Waals surface area (Å²) in [5.41, 5.74) is 1.79. The zero-order valence-electron chi connectivity index (χ0n) is 14.5. The summed E-state index contributed by atoms with van der Waals surface area (Å²) >= 11 is 1.32. The molecule has 1 saturated heterocycles. The summed E-state index contributed by atoms with van der Waals surface area (Å²) in [6.45, 7) is 2.49. The first kappa shape index (κ1) is 18.2. The Morgan fingerprint density at radius 1 is 1.12 bits per heavy atom. The molecule has 0 bridgehead atoms. The van der Waals surface area contributed by atoms with Gasteiger partial charge in [0.1, 0.15) is 5.25 Å². The number of hydrogen-bond acceptors (Lipinski definition) is 5. The van der Waals surface area contributed by atoms with E-state index < -0.39 is 5.25 Å². The lowest BCUT2D eigenvalue weighted by Gasteiger charge is -2.16. The van der Waals surface area contributed by atoms with Crippen LogP contribution in [-0.4, -0.2) is 33.8 Å². The molecule has 1 unspecified atom stereocenters. The Morgan fingerprint density at radius 2 is 1.77 bits per heavy atom. The molecule has 26 heavy (non-hydrogen) atoms. The van der Waals surface area contributed by atoms with Crippen molar-refractivity contribution in [2.75, 3.05) is 6.61 Å². The van der Waals surface area contributed by atoms with Gasteiger partial charge < -0.3 is 4.74 Å². The first-order valence-corrected chi connectivity index (χ1v) is 9.36.